The zero-order valence-corrected chi connectivity index (χ0v) is 25.6. The molecule has 1 saturated heterocycles. The molecule has 224 valence electrons. The number of carbonyl (C=O) groups is 2. The summed E-state index contributed by atoms with van der Waals surface area (Å²) >= 11 is 6.59. The van der Waals surface area contributed by atoms with Gasteiger partial charge in [0.15, 0.2) is 0 Å². The Morgan fingerprint density at radius 1 is 1.19 bits per heavy atom. The molecule has 0 aliphatic carbocycles. The number of esters is 1. The number of benzene rings is 2. The Balaban J connectivity index is 1.75. The van der Waals surface area contributed by atoms with E-state index < -0.39 is 17.7 Å². The molecule has 1 aliphatic heterocycles. The summed E-state index contributed by atoms with van der Waals surface area (Å²) in [5, 5.41) is 15.2. The van der Waals surface area contributed by atoms with Crippen LogP contribution in [0, 0.1) is 11.3 Å². The second-order valence-electron chi connectivity index (χ2n) is 11.7. The molecule has 10 nitrogen and oxygen atoms in total. The smallest absolute Gasteiger partial charge is 0.407 e. The van der Waals surface area contributed by atoms with Crippen molar-refractivity contribution in [2.24, 2.45) is 7.05 Å². The molecule has 0 bridgehead atoms. The van der Waals surface area contributed by atoms with Crippen LogP contribution in [-0.4, -0.2) is 53.0 Å². The Bertz CT molecular complexity index is 1850. The maximum absolute atomic E-state index is 14.0. The number of amides is 1. The van der Waals surface area contributed by atoms with Gasteiger partial charge in [-0.15, -0.1) is 0 Å². The van der Waals surface area contributed by atoms with Crippen LogP contribution in [0.1, 0.15) is 55.1 Å². The van der Waals surface area contributed by atoms with E-state index >= 15 is 0 Å². The predicted octanol–water partition coefficient (Wildman–Crippen LogP) is 5.35. The highest BCUT2D eigenvalue weighted by Gasteiger charge is 2.31. The van der Waals surface area contributed by atoms with Crippen LogP contribution in [0.3, 0.4) is 0 Å². The van der Waals surface area contributed by atoms with Gasteiger partial charge in [0.2, 0.25) is 0 Å². The lowest BCUT2D eigenvalue weighted by molar-refractivity contribution is 0.0499. The highest BCUT2D eigenvalue weighted by Crippen LogP contribution is 2.38. The van der Waals surface area contributed by atoms with Crippen molar-refractivity contribution in [2.75, 3.05) is 25.1 Å². The van der Waals surface area contributed by atoms with Crippen molar-refractivity contribution in [2.45, 2.75) is 51.8 Å². The van der Waals surface area contributed by atoms with Crippen LogP contribution in [0.2, 0.25) is 5.02 Å². The van der Waals surface area contributed by atoms with Gasteiger partial charge in [0.1, 0.15) is 28.6 Å². The average Bonchev–Trinajstić information content (AvgIpc) is 3.29. The zero-order valence-electron chi connectivity index (χ0n) is 24.9. The Hall–Kier alpha value is -4.49. The summed E-state index contributed by atoms with van der Waals surface area (Å²) in [6.45, 7) is 6.66. The highest BCUT2D eigenvalue weighted by atomic mass is 35.5. The topological polar surface area (TPSA) is 119 Å². The van der Waals surface area contributed by atoms with Crippen LogP contribution in [0.5, 0.6) is 0 Å². The third-order valence-corrected chi connectivity index (χ3v) is 8.00. The van der Waals surface area contributed by atoms with Crippen LogP contribution >= 0.6 is 11.6 Å². The van der Waals surface area contributed by atoms with Crippen molar-refractivity contribution in [1.82, 2.24) is 14.5 Å². The fourth-order valence-corrected chi connectivity index (χ4v) is 5.98. The van der Waals surface area contributed by atoms with Gasteiger partial charge in [-0.3, -0.25) is 4.79 Å². The van der Waals surface area contributed by atoms with Crippen LogP contribution in [0.25, 0.3) is 21.8 Å². The van der Waals surface area contributed by atoms with Crippen LogP contribution in [0.15, 0.2) is 47.3 Å². The molecule has 1 atom stereocenters. The largest absolute Gasteiger partial charge is 0.465 e. The standard InChI is InChI=1S/C32H34ClN5O5/c1-32(2,3)43-31(41)35-21-10-8-14-37(18-21)28-23(16-34)26-22-15-19(30(40)42-5)12-13-25(22)36(4)29(39)27(26)38(28)17-20-9-6-7-11-24(20)33/h6-7,9,11-13,15,21H,8,10,14,17-18H2,1-5H3,(H,35,41)/t21-/m1/s1. The maximum Gasteiger partial charge on any atom is 0.407 e. The summed E-state index contributed by atoms with van der Waals surface area (Å²) in [6, 6.07) is 14.5. The number of fused-ring (bicyclic) bond motifs is 3. The molecule has 43 heavy (non-hydrogen) atoms. The van der Waals surface area contributed by atoms with E-state index in [9.17, 15) is 19.6 Å². The number of carbonyl (C=O) groups excluding carboxylic acids is 2. The number of anilines is 1. The minimum Gasteiger partial charge on any atom is -0.465 e. The monoisotopic (exact) mass is 603 g/mol. The summed E-state index contributed by atoms with van der Waals surface area (Å²) in [5.74, 6) is 0.0337. The molecule has 2 aromatic heterocycles. The summed E-state index contributed by atoms with van der Waals surface area (Å²) in [7, 11) is 2.97. The molecule has 0 unspecified atom stereocenters. The van der Waals surface area contributed by atoms with Crippen LogP contribution < -0.4 is 15.8 Å². The number of methoxy groups -OCH3 is 1. The Kier molecular flexibility index (Phi) is 8.12. The molecule has 1 aliphatic rings. The lowest BCUT2D eigenvalue weighted by atomic mass is 10.0. The van der Waals surface area contributed by atoms with Crippen LogP contribution in [0.4, 0.5) is 10.6 Å². The van der Waals surface area contributed by atoms with Gasteiger partial charge in [0.05, 0.1) is 24.7 Å². The van der Waals surface area contributed by atoms with Crippen molar-refractivity contribution < 1.29 is 19.1 Å². The molecule has 0 radical (unpaired) electrons. The number of rotatable bonds is 5. The fourth-order valence-electron chi connectivity index (χ4n) is 5.78. The SMILES string of the molecule is COC(=O)c1ccc2c(c1)c1c(C#N)c(N3CCC[C@@H](NC(=O)OC(C)(C)C)C3)n(Cc3ccccc3Cl)c1c(=O)n2C. The number of hydrogen-bond donors (Lipinski definition) is 1. The first-order valence-electron chi connectivity index (χ1n) is 14.1. The average molecular weight is 604 g/mol. The fraction of sp³-hybridized carbons (Fsp3) is 0.375. The number of alkyl carbamates (subject to hydrolysis) is 1. The Morgan fingerprint density at radius 3 is 2.60 bits per heavy atom. The third kappa shape index (κ3) is 5.77. The minimum atomic E-state index is -0.641. The van der Waals surface area contributed by atoms with Crippen molar-refractivity contribution in [1.29, 1.82) is 5.26 Å². The first-order valence-corrected chi connectivity index (χ1v) is 14.5. The summed E-state index contributed by atoms with van der Waals surface area (Å²) < 4.78 is 13.8. The van der Waals surface area contributed by atoms with Gasteiger partial charge in [-0.05, 0) is 63.4 Å². The van der Waals surface area contributed by atoms with Gasteiger partial charge in [0, 0.05) is 42.0 Å². The van der Waals surface area contributed by atoms with E-state index in [1.807, 2.05) is 48.4 Å². The van der Waals surface area contributed by atoms with E-state index in [4.69, 9.17) is 21.1 Å². The quantitative estimate of drug-likeness (QED) is 0.306. The number of nitriles is 1. The lowest BCUT2D eigenvalue weighted by Gasteiger charge is -2.35. The van der Waals surface area contributed by atoms with Crippen molar-refractivity contribution >= 4 is 51.3 Å². The minimum absolute atomic E-state index is 0.227. The predicted molar refractivity (Wildman–Crippen MR) is 166 cm³/mol. The number of ether oxygens (including phenoxy) is 2. The zero-order chi connectivity index (χ0) is 31.1. The number of halogens is 1. The molecule has 4 aromatic rings. The Morgan fingerprint density at radius 2 is 1.93 bits per heavy atom. The third-order valence-electron chi connectivity index (χ3n) is 7.63. The van der Waals surface area contributed by atoms with Gasteiger partial charge >= 0.3 is 12.1 Å². The van der Waals surface area contributed by atoms with Crippen molar-refractivity contribution in [3.05, 3.63) is 74.5 Å². The van der Waals surface area contributed by atoms with E-state index in [0.29, 0.717) is 56.9 Å². The number of pyridine rings is 1. The molecule has 11 heteroatoms. The second kappa shape index (κ2) is 11.7. The summed E-state index contributed by atoms with van der Waals surface area (Å²) in [6.07, 6.45) is 0.964. The molecule has 0 spiro atoms. The Labute approximate surface area is 254 Å². The van der Waals surface area contributed by atoms with Gasteiger partial charge < -0.3 is 28.8 Å². The van der Waals surface area contributed by atoms with Gasteiger partial charge in [0.25, 0.3) is 5.56 Å². The van der Waals surface area contributed by atoms with Crippen molar-refractivity contribution in [3.63, 3.8) is 0 Å². The maximum atomic E-state index is 14.0. The molecule has 1 fully saturated rings. The molecule has 3 heterocycles. The number of hydrogen-bond acceptors (Lipinski definition) is 7. The van der Waals surface area contributed by atoms with Crippen molar-refractivity contribution in [3.8, 4) is 6.07 Å². The molecule has 2 aromatic carbocycles. The van der Waals surface area contributed by atoms with Crippen LogP contribution in [-0.2, 0) is 23.1 Å². The number of piperidine rings is 1. The molecule has 5 rings (SSSR count). The summed E-state index contributed by atoms with van der Waals surface area (Å²) in [5.41, 5.74) is 1.36. The number of aromatic nitrogens is 2. The molecule has 1 N–H and O–H groups in total. The molecular formula is C32H34ClN5O5. The number of nitrogens with zero attached hydrogens (tertiary/aromatic N) is 4. The van der Waals surface area contributed by atoms with Gasteiger partial charge in [-0.2, -0.15) is 5.26 Å². The van der Waals surface area contributed by atoms with Gasteiger partial charge in [-0.25, -0.2) is 9.59 Å². The van der Waals surface area contributed by atoms with E-state index in [2.05, 4.69) is 11.4 Å². The lowest BCUT2D eigenvalue weighted by Crippen LogP contribution is -2.49. The van der Waals surface area contributed by atoms with E-state index in [1.54, 1.807) is 31.3 Å². The molecular weight excluding hydrogens is 570 g/mol. The first kappa shape index (κ1) is 30.0. The number of nitrogens with one attached hydrogen (secondary N) is 1. The molecule has 1 amide bonds. The highest BCUT2D eigenvalue weighted by molar-refractivity contribution is 6.31. The summed E-state index contributed by atoms with van der Waals surface area (Å²) in [4.78, 5) is 41.2. The second-order valence-corrected chi connectivity index (χ2v) is 12.1. The number of aryl methyl sites for hydroxylation is 1. The first-order chi connectivity index (χ1) is 20.4. The molecule has 0 saturated carbocycles. The normalized spacial score (nSPS) is 15.4. The van der Waals surface area contributed by atoms with Gasteiger partial charge in [-0.1, -0.05) is 29.8 Å². The van der Waals surface area contributed by atoms with E-state index in [-0.39, 0.29) is 18.1 Å². The van der Waals surface area contributed by atoms with E-state index in [0.717, 1.165) is 18.4 Å². The van der Waals surface area contributed by atoms with E-state index in [1.165, 1.54) is 11.7 Å².